The lowest BCUT2D eigenvalue weighted by Crippen LogP contribution is -1.99. The highest BCUT2D eigenvalue weighted by Gasteiger charge is 2.08. The van der Waals surface area contributed by atoms with Crippen LogP contribution < -0.4 is 0 Å². The molecule has 92 valence electrons. The molecule has 1 aromatic carbocycles. The lowest BCUT2D eigenvalue weighted by atomic mass is 10.1. The third kappa shape index (κ3) is 3.03. The number of nitrogens with zero attached hydrogens (tertiary/aromatic N) is 1. The number of aromatic nitrogens is 1. The molecule has 2 aromatic rings. The lowest BCUT2D eigenvalue weighted by Gasteiger charge is -2.05. The van der Waals surface area contributed by atoms with Crippen molar-refractivity contribution < 1.29 is 9.90 Å². The molecule has 0 radical (unpaired) electrons. The number of carboxylic acids is 1. The Morgan fingerprint density at radius 3 is 2.72 bits per heavy atom. The highest BCUT2D eigenvalue weighted by Crippen LogP contribution is 2.28. The Morgan fingerprint density at radius 1 is 1.33 bits per heavy atom. The van der Waals surface area contributed by atoms with E-state index in [1.807, 2.05) is 6.07 Å². The molecule has 2 rings (SSSR count). The van der Waals surface area contributed by atoms with E-state index < -0.39 is 5.97 Å². The molecule has 0 spiro atoms. The van der Waals surface area contributed by atoms with Crippen LogP contribution in [0.4, 0.5) is 0 Å². The topological polar surface area (TPSA) is 50.2 Å². The molecule has 0 bridgehead atoms. The number of hydrogen-bond donors (Lipinski definition) is 1. The summed E-state index contributed by atoms with van der Waals surface area (Å²) >= 11 is 7.16. The van der Waals surface area contributed by atoms with Gasteiger partial charge in [0.05, 0.1) is 10.6 Å². The zero-order valence-electron chi connectivity index (χ0n) is 9.55. The summed E-state index contributed by atoms with van der Waals surface area (Å²) in [7, 11) is 0. The minimum atomic E-state index is -0.918. The van der Waals surface area contributed by atoms with Crippen molar-refractivity contribution in [2.45, 2.75) is 16.8 Å². The number of benzene rings is 1. The molecular weight excluding hydrogens is 270 g/mol. The van der Waals surface area contributed by atoms with Gasteiger partial charge >= 0.3 is 5.97 Å². The number of aromatic carboxylic acids is 1. The van der Waals surface area contributed by atoms with Crippen LogP contribution in [0.15, 0.2) is 46.5 Å². The normalized spacial score (nSPS) is 10.3. The van der Waals surface area contributed by atoms with E-state index >= 15 is 0 Å². The van der Waals surface area contributed by atoms with Crippen molar-refractivity contribution >= 4 is 29.3 Å². The molecule has 1 aromatic heterocycles. The van der Waals surface area contributed by atoms with Gasteiger partial charge in [-0.15, -0.1) is 0 Å². The van der Waals surface area contributed by atoms with Crippen molar-refractivity contribution in [3.05, 3.63) is 52.7 Å². The zero-order valence-corrected chi connectivity index (χ0v) is 11.1. The smallest absolute Gasteiger partial charge is 0.335 e. The maximum absolute atomic E-state index is 11.0. The van der Waals surface area contributed by atoms with Crippen molar-refractivity contribution in [3.63, 3.8) is 0 Å². The molecule has 3 nitrogen and oxygen atoms in total. The van der Waals surface area contributed by atoms with E-state index in [4.69, 9.17) is 16.7 Å². The van der Waals surface area contributed by atoms with Crippen LogP contribution in [0.1, 0.15) is 15.9 Å². The average Bonchev–Trinajstić information content (AvgIpc) is 2.34. The number of rotatable bonds is 3. The summed E-state index contributed by atoms with van der Waals surface area (Å²) in [6.07, 6.45) is 1.57. The van der Waals surface area contributed by atoms with Gasteiger partial charge in [-0.05, 0) is 36.8 Å². The number of pyridine rings is 1. The first kappa shape index (κ1) is 12.9. The van der Waals surface area contributed by atoms with Gasteiger partial charge in [-0.3, -0.25) is 0 Å². The summed E-state index contributed by atoms with van der Waals surface area (Å²) in [5, 5.41) is 10.4. The second-order valence-corrected chi connectivity index (χ2v) is 5.23. The Morgan fingerprint density at radius 2 is 2.11 bits per heavy atom. The van der Waals surface area contributed by atoms with Crippen LogP contribution in [0.25, 0.3) is 0 Å². The minimum absolute atomic E-state index is 0.314. The van der Waals surface area contributed by atoms with Gasteiger partial charge < -0.3 is 5.11 Å². The first-order chi connectivity index (χ1) is 8.56. The lowest BCUT2D eigenvalue weighted by molar-refractivity contribution is 0.0696. The Kier molecular flexibility index (Phi) is 3.89. The zero-order chi connectivity index (χ0) is 13.1. The van der Waals surface area contributed by atoms with Gasteiger partial charge in [-0.2, -0.15) is 0 Å². The molecule has 0 saturated carbocycles. The fourth-order valence-corrected chi connectivity index (χ4v) is 2.35. The third-order valence-corrected chi connectivity index (χ3v) is 3.53. The molecule has 1 N–H and O–H groups in total. The predicted molar refractivity (Wildman–Crippen MR) is 71.5 cm³/mol. The average molecular weight is 280 g/mol. The third-order valence-electron chi connectivity index (χ3n) is 2.36. The van der Waals surface area contributed by atoms with Gasteiger partial charge in [0.2, 0.25) is 0 Å². The largest absolute Gasteiger partial charge is 0.478 e. The van der Waals surface area contributed by atoms with E-state index in [1.54, 1.807) is 37.4 Å². The molecule has 0 aliphatic rings. The summed E-state index contributed by atoms with van der Waals surface area (Å²) in [5.74, 6) is -0.918. The Labute approximate surface area is 114 Å². The number of halogens is 1. The maximum Gasteiger partial charge on any atom is 0.335 e. The van der Waals surface area contributed by atoms with Crippen LogP contribution in [-0.4, -0.2) is 16.1 Å². The number of carbonyl (C=O) groups is 1. The summed E-state index contributed by atoms with van der Waals surface area (Å²) < 4.78 is 0. The Balaban J connectivity index is 2.27. The van der Waals surface area contributed by atoms with Gasteiger partial charge in [0.15, 0.2) is 0 Å². The Hall–Kier alpha value is -1.52. The quantitative estimate of drug-likeness (QED) is 0.926. The molecule has 0 aliphatic heterocycles. The summed E-state index contributed by atoms with van der Waals surface area (Å²) in [6.45, 7) is 1.78. The van der Waals surface area contributed by atoms with Crippen LogP contribution >= 0.6 is 23.4 Å². The maximum atomic E-state index is 11.0. The summed E-state index contributed by atoms with van der Waals surface area (Å²) in [6, 6.07) is 8.87. The number of carboxylic acid groups (broad SMARTS) is 1. The molecule has 0 saturated heterocycles. The number of aryl methyl sites for hydroxylation is 1. The molecule has 0 aliphatic carbocycles. The van der Waals surface area contributed by atoms with E-state index in [-0.39, 0.29) is 0 Å². The molecular formula is C13H10ClNO2S. The van der Waals surface area contributed by atoms with Gasteiger partial charge in [0.25, 0.3) is 0 Å². The molecule has 5 heteroatoms. The van der Waals surface area contributed by atoms with E-state index in [0.717, 1.165) is 15.5 Å². The monoisotopic (exact) mass is 279 g/mol. The summed E-state index contributed by atoms with van der Waals surface area (Å²) in [5.41, 5.74) is 1.06. The van der Waals surface area contributed by atoms with Crippen molar-refractivity contribution in [2.24, 2.45) is 0 Å². The first-order valence-corrected chi connectivity index (χ1v) is 6.39. The molecule has 0 atom stereocenters. The van der Waals surface area contributed by atoms with Crippen LogP contribution in [0.5, 0.6) is 0 Å². The SMILES string of the molecule is Cc1ccc(Sc2ccc(Cl)cn2)cc1C(=O)O. The van der Waals surface area contributed by atoms with Gasteiger partial charge in [-0.25, -0.2) is 9.78 Å². The van der Waals surface area contributed by atoms with E-state index in [0.29, 0.717) is 10.6 Å². The van der Waals surface area contributed by atoms with Crippen molar-refractivity contribution in [1.82, 2.24) is 4.98 Å². The van der Waals surface area contributed by atoms with Gasteiger partial charge in [0, 0.05) is 11.1 Å². The predicted octanol–water partition coefficient (Wildman–Crippen LogP) is 3.89. The van der Waals surface area contributed by atoms with Gasteiger partial charge in [0.1, 0.15) is 5.03 Å². The second-order valence-electron chi connectivity index (χ2n) is 3.70. The molecule has 0 amide bonds. The van der Waals surface area contributed by atoms with E-state index in [1.165, 1.54) is 11.8 Å². The second kappa shape index (κ2) is 5.42. The van der Waals surface area contributed by atoms with Crippen LogP contribution in [0.2, 0.25) is 5.02 Å². The van der Waals surface area contributed by atoms with Crippen molar-refractivity contribution in [1.29, 1.82) is 0 Å². The molecule has 0 fully saturated rings. The first-order valence-electron chi connectivity index (χ1n) is 5.19. The molecule has 18 heavy (non-hydrogen) atoms. The van der Waals surface area contributed by atoms with Gasteiger partial charge in [-0.1, -0.05) is 29.4 Å². The molecule has 0 unspecified atom stereocenters. The summed E-state index contributed by atoms with van der Waals surface area (Å²) in [4.78, 5) is 16.0. The number of hydrogen-bond acceptors (Lipinski definition) is 3. The van der Waals surface area contributed by atoms with E-state index in [2.05, 4.69) is 4.98 Å². The highest BCUT2D eigenvalue weighted by molar-refractivity contribution is 7.99. The fourth-order valence-electron chi connectivity index (χ4n) is 1.44. The highest BCUT2D eigenvalue weighted by atomic mass is 35.5. The van der Waals surface area contributed by atoms with Crippen LogP contribution in [-0.2, 0) is 0 Å². The molecule has 1 heterocycles. The van der Waals surface area contributed by atoms with Crippen molar-refractivity contribution in [3.8, 4) is 0 Å². The van der Waals surface area contributed by atoms with Crippen molar-refractivity contribution in [2.75, 3.05) is 0 Å². The Bertz CT molecular complexity index is 584. The van der Waals surface area contributed by atoms with Crippen LogP contribution in [0, 0.1) is 6.92 Å². The fraction of sp³-hybridized carbons (Fsp3) is 0.0769. The van der Waals surface area contributed by atoms with E-state index in [9.17, 15) is 4.79 Å². The van der Waals surface area contributed by atoms with Crippen LogP contribution in [0.3, 0.4) is 0 Å². The minimum Gasteiger partial charge on any atom is -0.478 e. The standard InChI is InChI=1S/C13H10ClNO2S/c1-8-2-4-10(6-11(8)13(16)17)18-12-5-3-9(14)7-15-12/h2-7H,1H3,(H,16,17).